The number of aryl methyl sites for hydroxylation is 1. The van der Waals surface area contributed by atoms with Crippen molar-refractivity contribution in [2.45, 2.75) is 58.2 Å². The van der Waals surface area contributed by atoms with Crippen LogP contribution < -0.4 is 26.4 Å². The fourth-order valence-corrected chi connectivity index (χ4v) is 5.62. The Hall–Kier alpha value is -3.91. The Morgan fingerprint density at radius 2 is 1.77 bits per heavy atom. The summed E-state index contributed by atoms with van der Waals surface area (Å²) in [4.78, 5) is 44.4. The maximum Gasteiger partial charge on any atom is 0.328 e. The normalized spacial score (nSPS) is 17.9. The summed E-state index contributed by atoms with van der Waals surface area (Å²) in [5.74, 6) is 0.193. The van der Waals surface area contributed by atoms with Crippen LogP contribution in [0.25, 0.3) is 10.8 Å². The molecule has 0 bridgehead atoms. The van der Waals surface area contributed by atoms with Gasteiger partial charge in [-0.1, -0.05) is 29.8 Å². The number of pyridine rings is 1. The van der Waals surface area contributed by atoms with E-state index in [1.165, 1.54) is 7.11 Å². The Morgan fingerprint density at radius 3 is 2.44 bits per heavy atom. The molecule has 5 rings (SSSR count). The Bertz CT molecular complexity index is 1600. The van der Waals surface area contributed by atoms with Crippen LogP contribution in [0.4, 0.5) is 22.9 Å². The molecule has 0 amide bonds. The van der Waals surface area contributed by atoms with Crippen molar-refractivity contribution in [3.63, 3.8) is 0 Å². The highest BCUT2D eigenvalue weighted by Gasteiger charge is 2.36. The number of fused-ring (bicyclic) bond motifs is 1. The van der Waals surface area contributed by atoms with Crippen molar-refractivity contribution in [2.75, 3.05) is 22.6 Å². The maximum atomic E-state index is 12.7. The van der Waals surface area contributed by atoms with E-state index in [2.05, 4.69) is 15.6 Å². The summed E-state index contributed by atoms with van der Waals surface area (Å²) in [5, 5.41) is 8.99. The predicted molar refractivity (Wildman–Crippen MR) is 156 cm³/mol. The number of aromatic nitrogens is 1. The zero-order valence-corrected chi connectivity index (χ0v) is 23.1. The van der Waals surface area contributed by atoms with Crippen molar-refractivity contribution in [3.8, 4) is 0 Å². The number of benzene rings is 2. The number of rotatable bonds is 8. The lowest BCUT2D eigenvalue weighted by Crippen LogP contribution is -2.48. The van der Waals surface area contributed by atoms with Gasteiger partial charge in [0.15, 0.2) is 0 Å². The van der Waals surface area contributed by atoms with Gasteiger partial charge in [0.25, 0.3) is 10.9 Å². The van der Waals surface area contributed by atoms with E-state index in [9.17, 15) is 14.4 Å². The maximum absolute atomic E-state index is 12.7. The van der Waals surface area contributed by atoms with E-state index in [0.29, 0.717) is 16.5 Å². The molecule has 9 heteroatoms. The first kappa shape index (κ1) is 26.7. The lowest BCUT2D eigenvalue weighted by molar-refractivity contribution is -0.141. The van der Waals surface area contributed by atoms with Crippen molar-refractivity contribution in [1.29, 1.82) is 0 Å². The fourth-order valence-electron chi connectivity index (χ4n) is 5.45. The minimum absolute atomic E-state index is 0.150. The molecule has 3 unspecified atom stereocenters. The second kappa shape index (κ2) is 10.7. The van der Waals surface area contributed by atoms with E-state index in [0.717, 1.165) is 40.6 Å². The number of anilines is 4. The van der Waals surface area contributed by atoms with Gasteiger partial charge in [0, 0.05) is 40.3 Å². The number of hydrogen-bond donors (Lipinski definition) is 2. The summed E-state index contributed by atoms with van der Waals surface area (Å²) >= 11 is 6.22. The summed E-state index contributed by atoms with van der Waals surface area (Å²) < 4.78 is 5.02. The molecule has 0 aliphatic carbocycles. The zero-order chi connectivity index (χ0) is 27.8. The molecule has 0 saturated carbocycles. The highest BCUT2D eigenvalue weighted by molar-refractivity contribution is 6.31. The number of nitrogens with zero attached hydrogens (tertiary/aromatic N) is 2. The van der Waals surface area contributed by atoms with Crippen LogP contribution in [0.15, 0.2) is 58.1 Å². The topological polar surface area (TPSA) is 101 Å². The molecular formula is C30H31ClN4O4. The molecule has 1 fully saturated rings. The number of methoxy groups -OCH3 is 1. The molecule has 202 valence electrons. The third-order valence-electron chi connectivity index (χ3n) is 7.48. The van der Waals surface area contributed by atoms with Crippen LogP contribution in [0.3, 0.4) is 0 Å². The van der Waals surface area contributed by atoms with E-state index >= 15 is 0 Å². The molecule has 0 spiro atoms. The second-order valence-corrected chi connectivity index (χ2v) is 10.7. The molecule has 1 aliphatic rings. The molecule has 1 saturated heterocycles. The van der Waals surface area contributed by atoms with Crippen LogP contribution in [0.1, 0.15) is 37.9 Å². The fraction of sp³-hybridized carbons (Fsp3) is 0.333. The van der Waals surface area contributed by atoms with Gasteiger partial charge in [-0.25, -0.2) is 9.78 Å². The SMILES string of the molecule is COC(=O)C(Cc1ccc(Nc2nc(C)cc3ccc(Cl)cc23)cc1)Nc1c(N2C(C)CCC2C)c(=O)c1=O. The molecule has 2 N–H and O–H groups in total. The summed E-state index contributed by atoms with van der Waals surface area (Å²) in [6.07, 6.45) is 2.17. The van der Waals surface area contributed by atoms with Crippen LogP contribution in [0.2, 0.25) is 5.02 Å². The highest BCUT2D eigenvalue weighted by Crippen LogP contribution is 2.33. The van der Waals surface area contributed by atoms with Crippen LogP contribution in [0.5, 0.6) is 0 Å². The smallest absolute Gasteiger partial charge is 0.328 e. The number of carbonyl (C=O) groups excluding carboxylic acids is 1. The summed E-state index contributed by atoms with van der Waals surface area (Å²) in [7, 11) is 1.31. The number of carbonyl (C=O) groups is 1. The quantitative estimate of drug-likeness (QED) is 0.232. The van der Waals surface area contributed by atoms with Gasteiger partial charge in [0.05, 0.1) is 7.11 Å². The molecular weight excluding hydrogens is 516 g/mol. The molecule has 3 atom stereocenters. The number of hydrogen-bond acceptors (Lipinski definition) is 8. The molecule has 3 aromatic carbocycles. The van der Waals surface area contributed by atoms with Gasteiger partial charge in [0.1, 0.15) is 23.2 Å². The summed E-state index contributed by atoms with van der Waals surface area (Å²) in [6.45, 7) is 6.02. The first-order valence-electron chi connectivity index (χ1n) is 13.0. The molecule has 8 nitrogen and oxygen atoms in total. The summed E-state index contributed by atoms with van der Waals surface area (Å²) in [6, 6.07) is 14.8. The Balaban J connectivity index is 1.35. The predicted octanol–water partition coefficient (Wildman–Crippen LogP) is 5.11. The highest BCUT2D eigenvalue weighted by atomic mass is 35.5. The molecule has 39 heavy (non-hydrogen) atoms. The number of esters is 1. The van der Waals surface area contributed by atoms with Crippen LogP contribution in [-0.4, -0.2) is 36.2 Å². The molecule has 1 aliphatic heterocycles. The molecule has 1 aromatic heterocycles. The van der Waals surface area contributed by atoms with Crippen LogP contribution in [-0.2, 0) is 16.0 Å². The Kier molecular flexibility index (Phi) is 7.32. The monoisotopic (exact) mass is 546 g/mol. The van der Waals surface area contributed by atoms with Crippen molar-refractivity contribution < 1.29 is 9.53 Å². The second-order valence-electron chi connectivity index (χ2n) is 10.3. The average molecular weight is 547 g/mol. The number of nitrogens with one attached hydrogen (secondary N) is 2. The first-order chi connectivity index (χ1) is 18.7. The van der Waals surface area contributed by atoms with E-state index in [1.54, 1.807) is 0 Å². The van der Waals surface area contributed by atoms with E-state index in [4.69, 9.17) is 16.3 Å². The van der Waals surface area contributed by atoms with Crippen molar-refractivity contribution in [1.82, 2.24) is 4.98 Å². The van der Waals surface area contributed by atoms with Gasteiger partial charge in [0.2, 0.25) is 0 Å². The van der Waals surface area contributed by atoms with Gasteiger partial charge in [-0.3, -0.25) is 9.59 Å². The zero-order valence-electron chi connectivity index (χ0n) is 22.4. The Morgan fingerprint density at radius 1 is 1.08 bits per heavy atom. The van der Waals surface area contributed by atoms with Gasteiger partial charge in [-0.05, 0) is 74.9 Å². The van der Waals surface area contributed by atoms with Crippen LogP contribution in [0, 0.1) is 6.92 Å². The minimum Gasteiger partial charge on any atom is -0.467 e. The van der Waals surface area contributed by atoms with Crippen LogP contribution >= 0.6 is 11.6 Å². The standard InChI is InChI=1S/C30H31ClN4O4/c1-16-13-20-9-10-21(31)15-23(20)29(32-16)33-22-11-7-19(8-12-22)14-24(30(38)39-4)34-25-26(28(37)27(25)36)35-17(2)5-6-18(35)3/h7-13,15,17-18,24,34H,5-6,14H2,1-4H3,(H,32,33). The van der Waals surface area contributed by atoms with E-state index in [1.807, 2.05) is 74.2 Å². The molecule has 0 radical (unpaired) electrons. The Labute approximate surface area is 231 Å². The third kappa shape index (κ3) is 5.21. The molecule has 2 heterocycles. The first-order valence-corrected chi connectivity index (χ1v) is 13.4. The van der Waals surface area contributed by atoms with Crippen molar-refractivity contribution in [2.24, 2.45) is 0 Å². The van der Waals surface area contributed by atoms with Gasteiger partial charge in [-0.2, -0.15) is 0 Å². The van der Waals surface area contributed by atoms with Crippen molar-refractivity contribution in [3.05, 3.63) is 85.3 Å². The number of halogens is 1. The molecule has 4 aromatic rings. The minimum atomic E-state index is -0.825. The summed E-state index contributed by atoms with van der Waals surface area (Å²) in [5.41, 5.74) is 2.04. The van der Waals surface area contributed by atoms with Gasteiger partial charge >= 0.3 is 5.97 Å². The van der Waals surface area contributed by atoms with E-state index < -0.39 is 22.9 Å². The average Bonchev–Trinajstić information content (AvgIpc) is 3.25. The number of ether oxygens (including phenoxy) is 1. The van der Waals surface area contributed by atoms with Gasteiger partial charge < -0.3 is 20.3 Å². The lowest BCUT2D eigenvalue weighted by Gasteiger charge is -2.32. The van der Waals surface area contributed by atoms with E-state index in [-0.39, 0.29) is 24.2 Å². The van der Waals surface area contributed by atoms with Gasteiger partial charge in [-0.15, -0.1) is 0 Å². The van der Waals surface area contributed by atoms with Crippen molar-refractivity contribution >= 4 is 51.2 Å². The largest absolute Gasteiger partial charge is 0.467 e. The lowest BCUT2D eigenvalue weighted by atomic mass is 10.0. The third-order valence-corrected chi connectivity index (χ3v) is 7.71.